The lowest BCUT2D eigenvalue weighted by Crippen LogP contribution is -2.34. The molecular weight excluding hydrogens is 400 g/mol. The number of hydrogen-bond acceptors (Lipinski definition) is 9. The molecule has 0 unspecified atom stereocenters. The van der Waals surface area contributed by atoms with E-state index in [1.807, 2.05) is 18.2 Å². The van der Waals surface area contributed by atoms with Gasteiger partial charge >= 0.3 is 5.97 Å². The summed E-state index contributed by atoms with van der Waals surface area (Å²) in [6.45, 7) is 1.87. The second-order valence-corrected chi connectivity index (χ2v) is 6.18. The molecule has 0 aliphatic carbocycles. The van der Waals surface area contributed by atoms with Crippen molar-refractivity contribution in [3.05, 3.63) is 66.5 Å². The number of para-hydroxylation sites is 1. The Morgan fingerprint density at radius 1 is 1.00 bits per heavy atom. The van der Waals surface area contributed by atoms with Crippen molar-refractivity contribution in [2.24, 2.45) is 0 Å². The highest BCUT2D eigenvalue weighted by molar-refractivity contribution is 5.90. The first-order valence-electron chi connectivity index (χ1n) is 9.44. The molecule has 0 saturated carbocycles. The number of aromatic nitrogens is 2. The highest BCUT2D eigenvalue weighted by atomic mass is 16.5. The largest absolute Gasteiger partial charge is 0.484 e. The fourth-order valence-corrected chi connectivity index (χ4v) is 2.47. The highest BCUT2D eigenvalue weighted by Crippen LogP contribution is 2.25. The lowest BCUT2D eigenvalue weighted by atomic mass is 10.2. The highest BCUT2D eigenvalue weighted by Gasteiger charge is 2.11. The normalized spacial score (nSPS) is 10.1. The van der Waals surface area contributed by atoms with Crippen LogP contribution in [0.2, 0.25) is 0 Å². The van der Waals surface area contributed by atoms with Gasteiger partial charge in [0.25, 0.3) is 5.91 Å². The second kappa shape index (κ2) is 10.4. The van der Waals surface area contributed by atoms with Crippen molar-refractivity contribution >= 4 is 34.9 Å². The first-order valence-corrected chi connectivity index (χ1v) is 9.44. The molecule has 0 aliphatic heterocycles. The number of esters is 1. The molecule has 2 aromatic carbocycles. The Kier molecular flexibility index (Phi) is 7.20. The van der Waals surface area contributed by atoms with Crippen molar-refractivity contribution in [3.63, 3.8) is 0 Å². The molecule has 0 bridgehead atoms. The van der Waals surface area contributed by atoms with Crippen molar-refractivity contribution in [3.8, 4) is 5.75 Å². The number of nitrogen functional groups attached to an aromatic ring is 1. The van der Waals surface area contributed by atoms with Crippen LogP contribution in [0, 0.1) is 0 Å². The molecule has 0 aliphatic rings. The maximum absolute atomic E-state index is 12.0. The van der Waals surface area contributed by atoms with Gasteiger partial charge in [0.15, 0.2) is 18.2 Å². The number of carbonyl (C=O) groups is 2. The number of amides is 1. The average Bonchev–Trinajstić information content (AvgIpc) is 2.79. The summed E-state index contributed by atoms with van der Waals surface area (Å²) in [5.41, 5.74) is 12.5. The minimum atomic E-state index is -0.411. The fourth-order valence-electron chi connectivity index (χ4n) is 2.47. The lowest BCUT2D eigenvalue weighted by Gasteiger charge is -2.13. The van der Waals surface area contributed by atoms with E-state index >= 15 is 0 Å². The molecule has 1 heterocycles. The van der Waals surface area contributed by atoms with Gasteiger partial charge in [-0.1, -0.05) is 18.2 Å². The fraction of sp³-hybridized carbons (Fsp3) is 0.143. The summed E-state index contributed by atoms with van der Waals surface area (Å²) in [7, 11) is 0. The van der Waals surface area contributed by atoms with Crippen LogP contribution in [0.15, 0.2) is 60.9 Å². The average molecular weight is 422 g/mol. The third kappa shape index (κ3) is 6.07. The molecule has 0 saturated heterocycles. The van der Waals surface area contributed by atoms with Gasteiger partial charge in [0.2, 0.25) is 0 Å². The van der Waals surface area contributed by atoms with Crippen LogP contribution in [0.1, 0.15) is 17.3 Å². The molecule has 3 aromatic rings. The molecule has 10 nitrogen and oxygen atoms in total. The van der Waals surface area contributed by atoms with Gasteiger partial charge in [0, 0.05) is 5.69 Å². The molecule has 5 N–H and O–H groups in total. The molecule has 0 fully saturated rings. The Hall–Kier alpha value is -4.34. The summed E-state index contributed by atoms with van der Waals surface area (Å²) in [4.78, 5) is 31.8. The number of benzene rings is 2. The minimum Gasteiger partial charge on any atom is -0.484 e. The number of rotatable bonds is 9. The van der Waals surface area contributed by atoms with E-state index in [-0.39, 0.29) is 18.1 Å². The van der Waals surface area contributed by atoms with E-state index in [4.69, 9.17) is 15.2 Å². The van der Waals surface area contributed by atoms with Crippen molar-refractivity contribution in [1.29, 1.82) is 0 Å². The van der Waals surface area contributed by atoms with Crippen LogP contribution >= 0.6 is 0 Å². The van der Waals surface area contributed by atoms with Crippen molar-refractivity contribution in [2.75, 3.05) is 29.7 Å². The third-order valence-corrected chi connectivity index (χ3v) is 3.98. The van der Waals surface area contributed by atoms with Crippen LogP contribution in [0.25, 0.3) is 0 Å². The van der Waals surface area contributed by atoms with Crippen LogP contribution in [0.4, 0.5) is 23.0 Å². The summed E-state index contributed by atoms with van der Waals surface area (Å²) >= 11 is 0. The number of anilines is 4. The minimum absolute atomic E-state index is 0.181. The molecule has 3 rings (SSSR count). The van der Waals surface area contributed by atoms with Gasteiger partial charge in [-0.2, -0.15) is 0 Å². The van der Waals surface area contributed by atoms with E-state index in [2.05, 4.69) is 26.1 Å². The van der Waals surface area contributed by atoms with E-state index in [9.17, 15) is 9.59 Å². The second-order valence-electron chi connectivity index (χ2n) is 6.18. The van der Waals surface area contributed by atoms with Crippen molar-refractivity contribution in [2.45, 2.75) is 6.92 Å². The first-order chi connectivity index (χ1) is 15.1. The zero-order valence-corrected chi connectivity index (χ0v) is 16.8. The molecule has 10 heteroatoms. The van der Waals surface area contributed by atoms with Crippen LogP contribution in [0.5, 0.6) is 5.75 Å². The number of carbonyl (C=O) groups excluding carboxylic acids is 2. The zero-order valence-electron chi connectivity index (χ0n) is 16.8. The number of hydrazine groups is 1. The summed E-state index contributed by atoms with van der Waals surface area (Å²) in [5.74, 6) is 0.324. The van der Waals surface area contributed by atoms with Gasteiger partial charge in [-0.15, -0.1) is 0 Å². The number of nitrogens with zero attached hydrogens (tertiary/aromatic N) is 2. The summed E-state index contributed by atoms with van der Waals surface area (Å²) in [5, 5.41) is 3.04. The smallest absolute Gasteiger partial charge is 0.338 e. The molecule has 0 spiro atoms. The Morgan fingerprint density at radius 2 is 1.71 bits per heavy atom. The van der Waals surface area contributed by atoms with Gasteiger partial charge in [-0.05, 0) is 43.3 Å². The standard InChI is InChI=1S/C21H22N6O4/c1-2-30-21(29)14-8-10-15(11-9-14)25-19-18(22)20(24-13-23-19)27-26-17(28)12-31-16-6-4-3-5-7-16/h3-11,13H,2,12,22H2,1H3,(H,26,28)(H2,23,24,25,27). The van der Waals surface area contributed by atoms with Gasteiger partial charge in [0.05, 0.1) is 12.2 Å². The number of nitrogens with one attached hydrogen (secondary N) is 3. The Bertz CT molecular complexity index is 1030. The molecule has 1 amide bonds. The number of ether oxygens (including phenoxy) is 2. The van der Waals surface area contributed by atoms with E-state index in [1.165, 1.54) is 6.33 Å². The van der Waals surface area contributed by atoms with E-state index < -0.39 is 11.9 Å². The Morgan fingerprint density at radius 3 is 2.42 bits per heavy atom. The predicted molar refractivity (Wildman–Crippen MR) is 116 cm³/mol. The van der Waals surface area contributed by atoms with E-state index in [1.54, 1.807) is 43.3 Å². The molecule has 0 atom stereocenters. The SMILES string of the molecule is CCOC(=O)c1ccc(Nc2ncnc(NNC(=O)COc3ccccc3)c2N)cc1. The molecule has 31 heavy (non-hydrogen) atoms. The Balaban J connectivity index is 1.57. The van der Waals surface area contributed by atoms with Crippen molar-refractivity contribution < 1.29 is 19.1 Å². The number of hydrogen-bond donors (Lipinski definition) is 4. The van der Waals surface area contributed by atoms with Crippen LogP contribution in [-0.4, -0.2) is 35.1 Å². The van der Waals surface area contributed by atoms with Crippen LogP contribution in [-0.2, 0) is 9.53 Å². The summed E-state index contributed by atoms with van der Waals surface area (Å²) < 4.78 is 10.3. The zero-order chi connectivity index (χ0) is 22.1. The quantitative estimate of drug-likeness (QED) is 0.302. The molecule has 160 valence electrons. The molecule has 1 aromatic heterocycles. The van der Waals surface area contributed by atoms with Crippen LogP contribution < -0.4 is 26.6 Å². The lowest BCUT2D eigenvalue weighted by molar-refractivity contribution is -0.122. The Labute approximate surface area is 178 Å². The summed E-state index contributed by atoms with van der Waals surface area (Å²) in [6, 6.07) is 15.6. The number of nitrogens with two attached hydrogens (primary N) is 1. The van der Waals surface area contributed by atoms with Crippen molar-refractivity contribution in [1.82, 2.24) is 15.4 Å². The van der Waals surface area contributed by atoms with Crippen LogP contribution in [0.3, 0.4) is 0 Å². The van der Waals surface area contributed by atoms with Gasteiger partial charge in [0.1, 0.15) is 17.8 Å². The molecular formula is C21H22N6O4. The van der Waals surface area contributed by atoms with E-state index in [0.29, 0.717) is 29.4 Å². The van der Waals surface area contributed by atoms with Gasteiger partial charge < -0.3 is 20.5 Å². The van der Waals surface area contributed by atoms with Gasteiger partial charge in [-0.3, -0.25) is 15.6 Å². The van der Waals surface area contributed by atoms with Gasteiger partial charge in [-0.25, -0.2) is 14.8 Å². The first kappa shape index (κ1) is 21.4. The monoisotopic (exact) mass is 422 g/mol. The summed E-state index contributed by atoms with van der Waals surface area (Å²) in [6.07, 6.45) is 1.29. The third-order valence-electron chi connectivity index (χ3n) is 3.98. The maximum Gasteiger partial charge on any atom is 0.338 e. The maximum atomic E-state index is 12.0. The molecule has 0 radical (unpaired) electrons. The topological polar surface area (TPSA) is 140 Å². The van der Waals surface area contributed by atoms with E-state index in [0.717, 1.165) is 0 Å². The predicted octanol–water partition coefficient (Wildman–Crippen LogP) is 2.50.